The predicted octanol–water partition coefficient (Wildman–Crippen LogP) is 4.41. The third-order valence-corrected chi connectivity index (χ3v) is 4.43. The van der Waals surface area contributed by atoms with Crippen molar-refractivity contribution in [3.05, 3.63) is 83.9 Å². The molecule has 3 aromatic rings. The highest BCUT2D eigenvalue weighted by Gasteiger charge is 2.14. The van der Waals surface area contributed by atoms with Crippen LogP contribution >= 0.6 is 0 Å². The predicted molar refractivity (Wildman–Crippen MR) is 111 cm³/mol. The van der Waals surface area contributed by atoms with Crippen molar-refractivity contribution < 1.29 is 17.9 Å². The summed E-state index contributed by atoms with van der Waals surface area (Å²) < 4.78 is 31.1. The average molecular weight is 396 g/mol. The normalized spacial score (nSPS) is 10.9. The summed E-state index contributed by atoms with van der Waals surface area (Å²) in [6.07, 6.45) is 1.04. The number of hydrogen-bond acceptors (Lipinski definition) is 4. The van der Waals surface area contributed by atoms with E-state index in [-0.39, 0.29) is 11.3 Å². The number of para-hydroxylation sites is 1. The van der Waals surface area contributed by atoms with Crippen molar-refractivity contribution in [2.24, 2.45) is 0 Å². The molecular weight excluding hydrogens is 376 g/mol. The van der Waals surface area contributed by atoms with E-state index in [1.807, 2.05) is 31.2 Å². The Morgan fingerprint density at radius 1 is 0.857 bits per heavy atom. The van der Waals surface area contributed by atoms with Crippen molar-refractivity contribution in [2.75, 3.05) is 16.3 Å². The molecule has 0 saturated carbocycles. The summed E-state index contributed by atoms with van der Waals surface area (Å²) >= 11 is 0. The Hall–Kier alpha value is -3.32. The molecule has 0 heterocycles. The molecule has 1 amide bonds. The molecule has 0 spiro atoms. The van der Waals surface area contributed by atoms with E-state index in [9.17, 15) is 13.2 Å². The van der Waals surface area contributed by atoms with Gasteiger partial charge >= 0.3 is 0 Å². The molecule has 144 valence electrons. The number of benzene rings is 3. The number of amides is 1. The number of sulfonamides is 1. The maximum absolute atomic E-state index is 12.6. The van der Waals surface area contributed by atoms with Crippen LogP contribution in [0.25, 0.3) is 0 Å². The van der Waals surface area contributed by atoms with Gasteiger partial charge in [0.1, 0.15) is 11.5 Å². The molecule has 0 bridgehead atoms. The first-order valence-corrected chi connectivity index (χ1v) is 10.4. The van der Waals surface area contributed by atoms with Crippen molar-refractivity contribution in [3.63, 3.8) is 0 Å². The number of carbonyl (C=O) groups excluding carboxylic acids is 1. The number of anilines is 2. The van der Waals surface area contributed by atoms with Gasteiger partial charge in [-0.25, -0.2) is 8.42 Å². The summed E-state index contributed by atoms with van der Waals surface area (Å²) in [6.45, 7) is 2.00. The molecular formula is C21H20N2O4S. The standard InChI is InChI=1S/C21H20N2O4S/c1-15-7-11-17(12-8-15)27-18-13-9-16(10-14-18)22-21(24)19-5-3-4-6-20(19)23-28(2,25)26/h3-14,23H,1-2H3,(H,22,24). The van der Waals surface area contributed by atoms with E-state index < -0.39 is 15.9 Å². The average Bonchev–Trinajstić information content (AvgIpc) is 2.64. The summed E-state index contributed by atoms with van der Waals surface area (Å²) in [5, 5.41) is 2.75. The Labute approximate surface area is 164 Å². The second-order valence-corrected chi connectivity index (χ2v) is 8.06. The number of carbonyl (C=O) groups is 1. The largest absolute Gasteiger partial charge is 0.457 e. The molecule has 0 unspecified atom stereocenters. The fourth-order valence-corrected chi connectivity index (χ4v) is 3.09. The summed E-state index contributed by atoms with van der Waals surface area (Å²) in [5.41, 5.74) is 2.17. The van der Waals surface area contributed by atoms with Crippen LogP contribution in [0.5, 0.6) is 11.5 Å². The van der Waals surface area contributed by atoms with Gasteiger partial charge in [-0.3, -0.25) is 9.52 Å². The van der Waals surface area contributed by atoms with Crippen LogP contribution in [0.3, 0.4) is 0 Å². The zero-order chi connectivity index (χ0) is 20.1. The molecule has 3 rings (SSSR count). The highest BCUT2D eigenvalue weighted by atomic mass is 32.2. The molecule has 3 aromatic carbocycles. The van der Waals surface area contributed by atoms with Gasteiger partial charge in [0.2, 0.25) is 10.0 Å². The minimum atomic E-state index is -3.49. The van der Waals surface area contributed by atoms with Crippen LogP contribution in [-0.4, -0.2) is 20.6 Å². The van der Waals surface area contributed by atoms with E-state index in [1.165, 1.54) is 6.07 Å². The van der Waals surface area contributed by atoms with Gasteiger partial charge < -0.3 is 10.1 Å². The van der Waals surface area contributed by atoms with Crippen LogP contribution in [0.2, 0.25) is 0 Å². The van der Waals surface area contributed by atoms with Gasteiger partial charge in [-0.15, -0.1) is 0 Å². The lowest BCUT2D eigenvalue weighted by atomic mass is 10.1. The minimum Gasteiger partial charge on any atom is -0.457 e. The zero-order valence-electron chi connectivity index (χ0n) is 15.5. The van der Waals surface area contributed by atoms with Crippen LogP contribution in [-0.2, 0) is 10.0 Å². The number of ether oxygens (including phenoxy) is 1. The SMILES string of the molecule is Cc1ccc(Oc2ccc(NC(=O)c3ccccc3NS(C)(=O)=O)cc2)cc1. The number of hydrogen-bond donors (Lipinski definition) is 2. The first-order valence-electron chi connectivity index (χ1n) is 8.53. The molecule has 0 saturated heterocycles. The van der Waals surface area contributed by atoms with Crippen molar-refractivity contribution in [1.82, 2.24) is 0 Å². The molecule has 0 fully saturated rings. The van der Waals surface area contributed by atoms with Gasteiger partial charge in [0, 0.05) is 5.69 Å². The molecule has 0 aromatic heterocycles. The molecule has 28 heavy (non-hydrogen) atoms. The first kappa shape index (κ1) is 19.4. The van der Waals surface area contributed by atoms with Crippen molar-refractivity contribution in [3.8, 4) is 11.5 Å². The number of aryl methyl sites for hydroxylation is 1. The Morgan fingerprint density at radius 2 is 1.43 bits per heavy atom. The van der Waals surface area contributed by atoms with E-state index in [0.717, 1.165) is 17.6 Å². The quantitative estimate of drug-likeness (QED) is 0.646. The third-order valence-electron chi connectivity index (χ3n) is 3.84. The van der Waals surface area contributed by atoms with Crippen molar-refractivity contribution in [1.29, 1.82) is 0 Å². The van der Waals surface area contributed by atoms with Crippen molar-refractivity contribution in [2.45, 2.75) is 6.92 Å². The molecule has 0 atom stereocenters. The highest BCUT2D eigenvalue weighted by molar-refractivity contribution is 7.92. The fourth-order valence-electron chi connectivity index (χ4n) is 2.52. The molecule has 2 N–H and O–H groups in total. The monoisotopic (exact) mass is 396 g/mol. The topological polar surface area (TPSA) is 84.5 Å². The maximum Gasteiger partial charge on any atom is 0.257 e. The Kier molecular flexibility index (Phi) is 5.65. The lowest BCUT2D eigenvalue weighted by Gasteiger charge is -2.11. The van der Waals surface area contributed by atoms with E-state index >= 15 is 0 Å². The number of rotatable bonds is 6. The van der Waals surface area contributed by atoms with E-state index in [0.29, 0.717) is 11.4 Å². The highest BCUT2D eigenvalue weighted by Crippen LogP contribution is 2.24. The molecule has 7 heteroatoms. The van der Waals surface area contributed by atoms with Crippen LogP contribution in [0.1, 0.15) is 15.9 Å². The molecule has 0 aliphatic heterocycles. The Morgan fingerprint density at radius 3 is 2.04 bits per heavy atom. The van der Waals surface area contributed by atoms with Gasteiger partial charge in [-0.2, -0.15) is 0 Å². The molecule has 6 nitrogen and oxygen atoms in total. The molecule has 0 aliphatic rings. The van der Waals surface area contributed by atoms with Gasteiger partial charge in [-0.1, -0.05) is 29.8 Å². The van der Waals surface area contributed by atoms with Gasteiger partial charge in [-0.05, 0) is 55.5 Å². The summed E-state index contributed by atoms with van der Waals surface area (Å²) in [4.78, 5) is 12.6. The maximum atomic E-state index is 12.6. The van der Waals surface area contributed by atoms with Crippen LogP contribution < -0.4 is 14.8 Å². The minimum absolute atomic E-state index is 0.224. The molecule has 0 aliphatic carbocycles. The second kappa shape index (κ2) is 8.14. The van der Waals surface area contributed by atoms with Crippen LogP contribution in [0.15, 0.2) is 72.8 Å². The fraction of sp³-hybridized carbons (Fsp3) is 0.0952. The summed E-state index contributed by atoms with van der Waals surface area (Å²) in [6, 6.07) is 21.0. The second-order valence-electron chi connectivity index (χ2n) is 6.31. The van der Waals surface area contributed by atoms with E-state index in [2.05, 4.69) is 10.0 Å². The Balaban J connectivity index is 1.70. The lowest BCUT2D eigenvalue weighted by molar-refractivity contribution is 0.102. The van der Waals surface area contributed by atoms with Gasteiger partial charge in [0.25, 0.3) is 5.91 Å². The third kappa shape index (κ3) is 5.34. The van der Waals surface area contributed by atoms with Crippen LogP contribution in [0, 0.1) is 6.92 Å². The first-order chi connectivity index (χ1) is 13.3. The van der Waals surface area contributed by atoms with Crippen LogP contribution in [0.4, 0.5) is 11.4 Å². The zero-order valence-corrected chi connectivity index (χ0v) is 16.3. The van der Waals surface area contributed by atoms with Gasteiger partial charge in [0.15, 0.2) is 0 Å². The Bertz CT molecular complexity index is 1080. The van der Waals surface area contributed by atoms with Crippen molar-refractivity contribution >= 4 is 27.3 Å². The van der Waals surface area contributed by atoms with E-state index in [1.54, 1.807) is 42.5 Å². The molecule has 0 radical (unpaired) electrons. The summed E-state index contributed by atoms with van der Waals surface area (Å²) in [5.74, 6) is 0.947. The van der Waals surface area contributed by atoms with Gasteiger partial charge in [0.05, 0.1) is 17.5 Å². The lowest BCUT2D eigenvalue weighted by Crippen LogP contribution is -2.17. The van der Waals surface area contributed by atoms with E-state index in [4.69, 9.17) is 4.74 Å². The number of nitrogens with one attached hydrogen (secondary N) is 2. The smallest absolute Gasteiger partial charge is 0.257 e. The summed E-state index contributed by atoms with van der Waals surface area (Å²) in [7, 11) is -3.49.